The molecule has 0 atom stereocenters. The standard InChI is InChI=1S/C12H14FN3S/c1-2-10-11(13)12(16-8-15-10)14-6-5-9-4-3-7-17-9/h3-4,7-8H,2,5-6H2,1H3,(H,14,15,16). The molecule has 0 aliphatic rings. The summed E-state index contributed by atoms with van der Waals surface area (Å²) in [6.07, 6.45) is 2.85. The fraction of sp³-hybridized carbons (Fsp3) is 0.333. The Balaban J connectivity index is 1.95. The van der Waals surface area contributed by atoms with E-state index in [1.807, 2.05) is 18.4 Å². The molecule has 0 bridgehead atoms. The Bertz CT molecular complexity index is 471. The molecule has 2 rings (SSSR count). The first kappa shape index (κ1) is 12.0. The Labute approximate surface area is 104 Å². The van der Waals surface area contributed by atoms with Crippen LogP contribution in [0.1, 0.15) is 17.5 Å². The minimum Gasteiger partial charge on any atom is -0.367 e. The van der Waals surface area contributed by atoms with Crippen molar-refractivity contribution in [3.8, 4) is 0 Å². The Morgan fingerprint density at radius 3 is 3.00 bits per heavy atom. The van der Waals surface area contributed by atoms with Gasteiger partial charge in [0.05, 0.1) is 5.69 Å². The van der Waals surface area contributed by atoms with Crippen molar-refractivity contribution in [1.82, 2.24) is 9.97 Å². The van der Waals surface area contributed by atoms with Crippen LogP contribution in [-0.2, 0) is 12.8 Å². The molecule has 0 saturated carbocycles. The monoisotopic (exact) mass is 251 g/mol. The van der Waals surface area contributed by atoms with E-state index in [2.05, 4.69) is 21.4 Å². The number of hydrogen-bond acceptors (Lipinski definition) is 4. The van der Waals surface area contributed by atoms with Crippen LogP contribution in [0.3, 0.4) is 0 Å². The zero-order valence-electron chi connectivity index (χ0n) is 9.61. The lowest BCUT2D eigenvalue weighted by Crippen LogP contribution is -2.09. The molecule has 0 amide bonds. The topological polar surface area (TPSA) is 37.8 Å². The lowest BCUT2D eigenvalue weighted by molar-refractivity contribution is 0.596. The summed E-state index contributed by atoms with van der Waals surface area (Å²) >= 11 is 1.70. The number of nitrogens with zero attached hydrogens (tertiary/aromatic N) is 2. The lowest BCUT2D eigenvalue weighted by atomic mass is 10.3. The van der Waals surface area contributed by atoms with Gasteiger partial charge in [-0.2, -0.15) is 0 Å². The van der Waals surface area contributed by atoms with Crippen molar-refractivity contribution in [3.63, 3.8) is 0 Å². The van der Waals surface area contributed by atoms with Gasteiger partial charge in [-0.15, -0.1) is 11.3 Å². The molecule has 5 heteroatoms. The second kappa shape index (κ2) is 5.72. The maximum atomic E-state index is 13.8. The zero-order chi connectivity index (χ0) is 12.1. The molecule has 90 valence electrons. The highest BCUT2D eigenvalue weighted by Crippen LogP contribution is 2.14. The van der Waals surface area contributed by atoms with Gasteiger partial charge < -0.3 is 5.32 Å². The highest BCUT2D eigenvalue weighted by Gasteiger charge is 2.08. The number of thiophene rings is 1. The van der Waals surface area contributed by atoms with Crippen LogP contribution in [0.25, 0.3) is 0 Å². The van der Waals surface area contributed by atoms with Gasteiger partial charge in [0.1, 0.15) is 6.33 Å². The fourth-order valence-electron chi connectivity index (χ4n) is 1.53. The average Bonchev–Trinajstić information content (AvgIpc) is 2.84. The van der Waals surface area contributed by atoms with Crippen molar-refractivity contribution >= 4 is 17.2 Å². The van der Waals surface area contributed by atoms with Crippen LogP contribution in [0.15, 0.2) is 23.8 Å². The van der Waals surface area contributed by atoms with E-state index in [4.69, 9.17) is 0 Å². The second-order valence-corrected chi connectivity index (χ2v) is 4.62. The summed E-state index contributed by atoms with van der Waals surface area (Å²) in [4.78, 5) is 9.08. The molecule has 0 radical (unpaired) electrons. The SMILES string of the molecule is CCc1ncnc(NCCc2cccs2)c1F. The van der Waals surface area contributed by atoms with E-state index in [1.165, 1.54) is 11.2 Å². The maximum Gasteiger partial charge on any atom is 0.186 e. The molecule has 17 heavy (non-hydrogen) atoms. The normalized spacial score (nSPS) is 10.5. The predicted molar refractivity (Wildman–Crippen MR) is 67.9 cm³/mol. The number of rotatable bonds is 5. The molecule has 0 spiro atoms. The van der Waals surface area contributed by atoms with E-state index in [0.717, 1.165) is 6.42 Å². The first-order chi connectivity index (χ1) is 8.31. The molecule has 0 unspecified atom stereocenters. The molecule has 2 aromatic rings. The number of aryl methyl sites for hydroxylation is 1. The Hall–Kier alpha value is -1.49. The first-order valence-electron chi connectivity index (χ1n) is 5.57. The third-order valence-electron chi connectivity index (χ3n) is 2.44. The largest absolute Gasteiger partial charge is 0.367 e. The summed E-state index contributed by atoms with van der Waals surface area (Å²) in [5.41, 5.74) is 0.457. The third kappa shape index (κ3) is 3.00. The second-order valence-electron chi connectivity index (χ2n) is 3.59. The van der Waals surface area contributed by atoms with Crippen molar-refractivity contribution in [3.05, 3.63) is 40.2 Å². The van der Waals surface area contributed by atoms with E-state index in [0.29, 0.717) is 24.5 Å². The summed E-state index contributed by atoms with van der Waals surface area (Å²) in [6, 6.07) is 4.08. The van der Waals surface area contributed by atoms with Crippen LogP contribution in [0, 0.1) is 5.82 Å². The van der Waals surface area contributed by atoms with Gasteiger partial charge in [0.25, 0.3) is 0 Å². The zero-order valence-corrected chi connectivity index (χ0v) is 10.4. The van der Waals surface area contributed by atoms with E-state index in [9.17, 15) is 4.39 Å². The molecule has 1 N–H and O–H groups in total. The van der Waals surface area contributed by atoms with Gasteiger partial charge in [0.2, 0.25) is 0 Å². The summed E-state index contributed by atoms with van der Waals surface area (Å²) < 4.78 is 13.8. The van der Waals surface area contributed by atoms with E-state index in [1.54, 1.807) is 11.3 Å². The van der Waals surface area contributed by atoms with E-state index < -0.39 is 0 Å². The molecule has 0 aromatic carbocycles. The smallest absolute Gasteiger partial charge is 0.186 e. The number of nitrogens with one attached hydrogen (secondary N) is 1. The van der Waals surface area contributed by atoms with Gasteiger partial charge >= 0.3 is 0 Å². The number of anilines is 1. The van der Waals surface area contributed by atoms with Gasteiger partial charge in [0.15, 0.2) is 11.6 Å². The summed E-state index contributed by atoms with van der Waals surface area (Å²) in [5.74, 6) is -0.0328. The number of hydrogen-bond donors (Lipinski definition) is 1. The van der Waals surface area contributed by atoms with Crippen molar-refractivity contribution in [1.29, 1.82) is 0 Å². The lowest BCUT2D eigenvalue weighted by Gasteiger charge is -2.07. The van der Waals surface area contributed by atoms with Gasteiger partial charge in [0, 0.05) is 11.4 Å². The predicted octanol–water partition coefficient (Wildman–Crippen LogP) is 2.89. The highest BCUT2D eigenvalue weighted by atomic mass is 32.1. The van der Waals surface area contributed by atoms with Crippen LogP contribution in [-0.4, -0.2) is 16.5 Å². The van der Waals surface area contributed by atoms with Crippen LogP contribution in [0.5, 0.6) is 0 Å². The Morgan fingerprint density at radius 2 is 2.29 bits per heavy atom. The third-order valence-corrected chi connectivity index (χ3v) is 3.38. The summed E-state index contributed by atoms with van der Waals surface area (Å²) in [6.45, 7) is 2.55. The van der Waals surface area contributed by atoms with Crippen molar-refractivity contribution in [2.24, 2.45) is 0 Å². The Morgan fingerprint density at radius 1 is 1.41 bits per heavy atom. The number of aromatic nitrogens is 2. The van der Waals surface area contributed by atoms with Crippen LogP contribution < -0.4 is 5.32 Å². The molecule has 0 aliphatic heterocycles. The van der Waals surface area contributed by atoms with Gasteiger partial charge in [-0.1, -0.05) is 13.0 Å². The minimum absolute atomic E-state index is 0.299. The van der Waals surface area contributed by atoms with Crippen LogP contribution in [0.4, 0.5) is 10.2 Å². The summed E-state index contributed by atoms with van der Waals surface area (Å²) in [7, 11) is 0. The fourth-order valence-corrected chi connectivity index (χ4v) is 2.24. The van der Waals surface area contributed by atoms with Crippen molar-refractivity contribution in [2.75, 3.05) is 11.9 Å². The van der Waals surface area contributed by atoms with Crippen molar-refractivity contribution < 1.29 is 4.39 Å². The van der Waals surface area contributed by atoms with Gasteiger partial charge in [-0.05, 0) is 24.3 Å². The minimum atomic E-state index is -0.332. The quantitative estimate of drug-likeness (QED) is 0.888. The molecule has 0 saturated heterocycles. The first-order valence-corrected chi connectivity index (χ1v) is 6.45. The van der Waals surface area contributed by atoms with Gasteiger partial charge in [-0.3, -0.25) is 0 Å². The van der Waals surface area contributed by atoms with E-state index in [-0.39, 0.29) is 5.82 Å². The number of halogens is 1. The molecule has 3 nitrogen and oxygen atoms in total. The van der Waals surface area contributed by atoms with Gasteiger partial charge in [-0.25, -0.2) is 14.4 Å². The van der Waals surface area contributed by atoms with Crippen molar-refractivity contribution in [2.45, 2.75) is 19.8 Å². The molecular weight excluding hydrogens is 237 g/mol. The Kier molecular flexibility index (Phi) is 4.03. The highest BCUT2D eigenvalue weighted by molar-refractivity contribution is 7.09. The molecule has 2 aromatic heterocycles. The van der Waals surface area contributed by atoms with Crippen LogP contribution >= 0.6 is 11.3 Å². The molecule has 0 fully saturated rings. The molecular formula is C12H14FN3S. The maximum absolute atomic E-state index is 13.8. The molecule has 2 heterocycles. The van der Waals surface area contributed by atoms with E-state index >= 15 is 0 Å². The molecule has 0 aliphatic carbocycles. The average molecular weight is 251 g/mol. The summed E-state index contributed by atoms with van der Waals surface area (Å²) in [5, 5.41) is 5.04. The van der Waals surface area contributed by atoms with Crippen LogP contribution in [0.2, 0.25) is 0 Å².